The Labute approximate surface area is 130 Å². The average molecular weight is 298 g/mol. The fraction of sp³-hybridized carbons (Fsp3) is 0.938. The maximum atomic E-state index is 12.3. The third-order valence-corrected chi connectivity index (χ3v) is 4.35. The molecule has 0 aliphatic carbocycles. The SMILES string of the molecule is CCN(CC)C(=O)CC(CN)N1CCN(CC(C)C)CC1. The molecule has 1 rings (SSSR count). The minimum absolute atomic E-state index is 0.194. The second-order valence-corrected chi connectivity index (χ2v) is 6.39. The lowest BCUT2D eigenvalue weighted by Crippen LogP contribution is -2.54. The van der Waals surface area contributed by atoms with Gasteiger partial charge in [0.2, 0.25) is 5.91 Å². The van der Waals surface area contributed by atoms with Crippen LogP contribution in [0.25, 0.3) is 0 Å². The summed E-state index contributed by atoms with van der Waals surface area (Å²) in [6.45, 7) is 16.1. The molecule has 1 saturated heterocycles. The summed E-state index contributed by atoms with van der Waals surface area (Å²) in [6, 6.07) is 0.194. The van der Waals surface area contributed by atoms with Gasteiger partial charge in [0, 0.05) is 64.8 Å². The molecule has 1 heterocycles. The molecular weight excluding hydrogens is 264 g/mol. The molecule has 21 heavy (non-hydrogen) atoms. The first-order chi connectivity index (χ1) is 10.0. The van der Waals surface area contributed by atoms with Crippen molar-refractivity contribution >= 4 is 5.91 Å². The van der Waals surface area contributed by atoms with E-state index in [0.29, 0.717) is 18.9 Å². The average Bonchev–Trinajstić information content (AvgIpc) is 2.46. The molecule has 0 aromatic carbocycles. The first-order valence-corrected chi connectivity index (χ1v) is 8.45. The number of carbonyl (C=O) groups excluding carboxylic acids is 1. The highest BCUT2D eigenvalue weighted by molar-refractivity contribution is 5.76. The number of carbonyl (C=O) groups is 1. The van der Waals surface area contributed by atoms with Crippen LogP contribution in [0.5, 0.6) is 0 Å². The number of nitrogens with two attached hydrogens (primary N) is 1. The van der Waals surface area contributed by atoms with Crippen LogP contribution in [0.3, 0.4) is 0 Å². The summed E-state index contributed by atoms with van der Waals surface area (Å²) in [4.78, 5) is 19.1. The van der Waals surface area contributed by atoms with Crippen molar-refractivity contribution in [1.29, 1.82) is 0 Å². The largest absolute Gasteiger partial charge is 0.343 e. The topological polar surface area (TPSA) is 52.8 Å². The zero-order chi connectivity index (χ0) is 15.8. The van der Waals surface area contributed by atoms with Gasteiger partial charge in [-0.3, -0.25) is 9.69 Å². The van der Waals surface area contributed by atoms with E-state index in [1.54, 1.807) is 0 Å². The number of amides is 1. The van der Waals surface area contributed by atoms with Crippen molar-refractivity contribution in [2.24, 2.45) is 11.7 Å². The monoisotopic (exact) mass is 298 g/mol. The van der Waals surface area contributed by atoms with Crippen LogP contribution in [-0.2, 0) is 4.79 Å². The minimum atomic E-state index is 0.194. The Morgan fingerprint density at radius 2 is 1.71 bits per heavy atom. The molecular formula is C16H34N4O. The molecule has 124 valence electrons. The van der Waals surface area contributed by atoms with Crippen LogP contribution < -0.4 is 5.73 Å². The normalized spacial score (nSPS) is 19.0. The van der Waals surface area contributed by atoms with E-state index >= 15 is 0 Å². The molecule has 1 fully saturated rings. The molecule has 1 amide bonds. The maximum Gasteiger partial charge on any atom is 0.224 e. The summed E-state index contributed by atoms with van der Waals surface area (Å²) in [7, 11) is 0. The molecule has 0 aromatic rings. The molecule has 1 aliphatic rings. The second-order valence-electron chi connectivity index (χ2n) is 6.39. The van der Waals surface area contributed by atoms with Crippen molar-refractivity contribution in [3.05, 3.63) is 0 Å². The molecule has 0 aromatic heterocycles. The van der Waals surface area contributed by atoms with Gasteiger partial charge in [-0.25, -0.2) is 0 Å². The number of hydrogen-bond acceptors (Lipinski definition) is 4. The number of piperazine rings is 1. The van der Waals surface area contributed by atoms with Crippen LogP contribution in [0.1, 0.15) is 34.1 Å². The molecule has 2 N–H and O–H groups in total. The van der Waals surface area contributed by atoms with Gasteiger partial charge in [0.1, 0.15) is 0 Å². The number of nitrogens with zero attached hydrogens (tertiary/aromatic N) is 3. The van der Waals surface area contributed by atoms with E-state index in [1.165, 1.54) is 6.54 Å². The lowest BCUT2D eigenvalue weighted by molar-refractivity contribution is -0.132. The highest BCUT2D eigenvalue weighted by Crippen LogP contribution is 2.11. The van der Waals surface area contributed by atoms with Crippen LogP contribution in [0, 0.1) is 5.92 Å². The quantitative estimate of drug-likeness (QED) is 0.722. The molecule has 0 saturated carbocycles. The summed E-state index contributed by atoms with van der Waals surface area (Å²) in [5, 5.41) is 0. The van der Waals surface area contributed by atoms with Crippen molar-refractivity contribution in [1.82, 2.24) is 14.7 Å². The molecule has 0 radical (unpaired) electrons. The smallest absolute Gasteiger partial charge is 0.224 e. The van der Waals surface area contributed by atoms with Gasteiger partial charge in [0.05, 0.1) is 0 Å². The molecule has 5 heteroatoms. The van der Waals surface area contributed by atoms with E-state index in [4.69, 9.17) is 5.73 Å². The number of rotatable bonds is 8. The van der Waals surface area contributed by atoms with Crippen molar-refractivity contribution in [2.75, 3.05) is 52.4 Å². The predicted molar refractivity (Wildman–Crippen MR) is 88.2 cm³/mol. The zero-order valence-corrected chi connectivity index (χ0v) is 14.3. The maximum absolute atomic E-state index is 12.3. The van der Waals surface area contributed by atoms with Gasteiger partial charge in [-0.1, -0.05) is 13.8 Å². The fourth-order valence-electron chi connectivity index (χ4n) is 3.10. The Morgan fingerprint density at radius 1 is 1.14 bits per heavy atom. The summed E-state index contributed by atoms with van der Waals surface area (Å²) in [6.07, 6.45) is 0.558. The third-order valence-electron chi connectivity index (χ3n) is 4.35. The molecule has 0 bridgehead atoms. The van der Waals surface area contributed by atoms with Crippen molar-refractivity contribution in [3.8, 4) is 0 Å². The molecule has 1 atom stereocenters. The standard InChI is InChI=1S/C16H34N4O/c1-5-19(6-2)16(21)11-15(12-17)20-9-7-18(8-10-20)13-14(3)4/h14-15H,5-13,17H2,1-4H3. The lowest BCUT2D eigenvalue weighted by Gasteiger charge is -2.39. The van der Waals surface area contributed by atoms with Gasteiger partial charge in [0.15, 0.2) is 0 Å². The van der Waals surface area contributed by atoms with E-state index in [-0.39, 0.29) is 11.9 Å². The van der Waals surface area contributed by atoms with Crippen molar-refractivity contribution in [3.63, 3.8) is 0 Å². The van der Waals surface area contributed by atoms with Gasteiger partial charge in [0.25, 0.3) is 0 Å². The van der Waals surface area contributed by atoms with Crippen molar-refractivity contribution in [2.45, 2.75) is 40.2 Å². The van der Waals surface area contributed by atoms with Gasteiger partial charge in [-0.15, -0.1) is 0 Å². The molecule has 0 spiro atoms. The van der Waals surface area contributed by atoms with Gasteiger partial charge >= 0.3 is 0 Å². The van der Waals surface area contributed by atoms with E-state index in [9.17, 15) is 4.79 Å². The summed E-state index contributed by atoms with van der Waals surface area (Å²) < 4.78 is 0. The van der Waals surface area contributed by atoms with E-state index < -0.39 is 0 Å². The first-order valence-electron chi connectivity index (χ1n) is 8.45. The highest BCUT2D eigenvalue weighted by Gasteiger charge is 2.26. The first kappa shape index (κ1) is 18.4. The van der Waals surface area contributed by atoms with Crippen LogP contribution in [0.2, 0.25) is 0 Å². The van der Waals surface area contributed by atoms with Crippen LogP contribution in [0.4, 0.5) is 0 Å². The van der Waals surface area contributed by atoms with Gasteiger partial charge in [-0.05, 0) is 19.8 Å². The van der Waals surface area contributed by atoms with E-state index in [1.807, 2.05) is 18.7 Å². The Bertz CT molecular complexity index is 297. The zero-order valence-electron chi connectivity index (χ0n) is 14.3. The summed E-state index contributed by atoms with van der Waals surface area (Å²) in [5.41, 5.74) is 5.92. The Morgan fingerprint density at radius 3 is 2.14 bits per heavy atom. The lowest BCUT2D eigenvalue weighted by atomic mass is 10.1. The molecule has 1 unspecified atom stereocenters. The predicted octanol–water partition coefficient (Wildman–Crippen LogP) is 0.846. The van der Waals surface area contributed by atoms with Crippen LogP contribution >= 0.6 is 0 Å². The van der Waals surface area contributed by atoms with E-state index in [0.717, 1.165) is 39.3 Å². The van der Waals surface area contributed by atoms with Crippen LogP contribution in [0.15, 0.2) is 0 Å². The second kappa shape index (κ2) is 9.38. The van der Waals surface area contributed by atoms with Gasteiger partial charge < -0.3 is 15.5 Å². The molecule has 5 nitrogen and oxygen atoms in total. The van der Waals surface area contributed by atoms with Crippen molar-refractivity contribution < 1.29 is 4.79 Å². The molecule has 1 aliphatic heterocycles. The summed E-state index contributed by atoms with van der Waals surface area (Å²) in [5.74, 6) is 0.950. The van der Waals surface area contributed by atoms with Crippen LogP contribution in [-0.4, -0.2) is 79.0 Å². The number of hydrogen-bond donors (Lipinski definition) is 1. The van der Waals surface area contributed by atoms with Gasteiger partial charge in [-0.2, -0.15) is 0 Å². The highest BCUT2D eigenvalue weighted by atomic mass is 16.2. The fourth-order valence-corrected chi connectivity index (χ4v) is 3.10. The minimum Gasteiger partial charge on any atom is -0.343 e. The third kappa shape index (κ3) is 5.93. The summed E-state index contributed by atoms with van der Waals surface area (Å²) >= 11 is 0. The Balaban J connectivity index is 2.45. The Kier molecular flexibility index (Phi) is 8.22. The van der Waals surface area contributed by atoms with E-state index in [2.05, 4.69) is 23.6 Å². The Hall–Kier alpha value is -0.650.